The molecule has 0 bridgehead atoms. The lowest BCUT2D eigenvalue weighted by molar-refractivity contribution is -0.130. The molecule has 1 aromatic rings. The van der Waals surface area contributed by atoms with Gasteiger partial charge < -0.3 is 15.0 Å². The van der Waals surface area contributed by atoms with E-state index in [1.54, 1.807) is 0 Å². The van der Waals surface area contributed by atoms with Crippen molar-refractivity contribution in [2.45, 2.75) is 58.1 Å². The summed E-state index contributed by atoms with van der Waals surface area (Å²) in [6.45, 7) is 3.46. The number of aromatic nitrogens is 2. The van der Waals surface area contributed by atoms with Crippen molar-refractivity contribution in [1.82, 2.24) is 15.1 Å². The molecule has 7 nitrogen and oxygen atoms in total. The average molecular weight is 352 g/mol. The molecule has 2 fully saturated rings. The average Bonchev–Trinajstić information content (AvgIpc) is 3.20. The summed E-state index contributed by atoms with van der Waals surface area (Å²) >= 11 is 1.31. The lowest BCUT2D eigenvalue weighted by atomic mass is 9.94. The van der Waals surface area contributed by atoms with Gasteiger partial charge in [0, 0.05) is 25.6 Å². The van der Waals surface area contributed by atoms with Crippen LogP contribution in [0.2, 0.25) is 0 Å². The van der Waals surface area contributed by atoms with E-state index in [2.05, 4.69) is 15.5 Å². The fourth-order valence-corrected chi connectivity index (χ4v) is 4.09. The van der Waals surface area contributed by atoms with Gasteiger partial charge in [0.15, 0.2) is 0 Å². The van der Waals surface area contributed by atoms with E-state index in [9.17, 15) is 9.59 Å². The van der Waals surface area contributed by atoms with Gasteiger partial charge in [-0.25, -0.2) is 0 Å². The van der Waals surface area contributed by atoms with Crippen LogP contribution in [0.3, 0.4) is 0 Å². The van der Waals surface area contributed by atoms with E-state index < -0.39 is 0 Å². The van der Waals surface area contributed by atoms with Crippen molar-refractivity contribution < 1.29 is 14.3 Å². The van der Waals surface area contributed by atoms with E-state index >= 15 is 0 Å². The smallest absolute Gasteiger partial charge is 0.231 e. The Kier molecular flexibility index (Phi) is 5.78. The van der Waals surface area contributed by atoms with Gasteiger partial charge in [0.1, 0.15) is 11.6 Å². The van der Waals surface area contributed by atoms with Crippen molar-refractivity contribution in [3.05, 3.63) is 5.01 Å². The van der Waals surface area contributed by atoms with Gasteiger partial charge in [0.2, 0.25) is 16.9 Å². The molecule has 0 spiro atoms. The molecule has 1 saturated carbocycles. The topological polar surface area (TPSA) is 84.4 Å². The Morgan fingerprint density at radius 1 is 1.33 bits per heavy atom. The summed E-state index contributed by atoms with van der Waals surface area (Å²) in [6.07, 6.45) is 6.04. The first-order chi connectivity index (χ1) is 11.7. The van der Waals surface area contributed by atoms with Crippen LogP contribution in [0.5, 0.6) is 0 Å². The maximum Gasteiger partial charge on any atom is 0.231 e. The second-order valence-electron chi connectivity index (χ2n) is 6.37. The monoisotopic (exact) mass is 352 g/mol. The summed E-state index contributed by atoms with van der Waals surface area (Å²) in [5, 5.41) is 12.0. The fraction of sp³-hybridized carbons (Fsp3) is 0.750. The molecular formula is C16H24N4O3S. The summed E-state index contributed by atoms with van der Waals surface area (Å²) in [5.41, 5.74) is 0. The Hall–Kier alpha value is -1.54. The zero-order chi connectivity index (χ0) is 16.9. The van der Waals surface area contributed by atoms with Crippen LogP contribution in [-0.2, 0) is 20.9 Å². The molecule has 2 aliphatic rings. The molecule has 1 aliphatic heterocycles. The van der Waals surface area contributed by atoms with Gasteiger partial charge in [-0.05, 0) is 19.8 Å². The number of anilines is 1. The number of rotatable bonds is 6. The zero-order valence-corrected chi connectivity index (χ0v) is 14.8. The summed E-state index contributed by atoms with van der Waals surface area (Å²) in [6, 6.07) is 0.323. The second kappa shape index (κ2) is 8.02. The Balaban J connectivity index is 1.53. The molecule has 132 valence electrons. The Labute approximate surface area is 145 Å². The van der Waals surface area contributed by atoms with E-state index in [-0.39, 0.29) is 17.7 Å². The summed E-state index contributed by atoms with van der Waals surface area (Å²) in [7, 11) is 0. The molecule has 1 aliphatic carbocycles. The zero-order valence-electron chi connectivity index (χ0n) is 14.0. The third kappa shape index (κ3) is 4.10. The molecule has 1 unspecified atom stereocenters. The lowest BCUT2D eigenvalue weighted by Crippen LogP contribution is -2.38. The number of likely N-dealkylation sites (tertiary alicyclic amines) is 1. The molecule has 8 heteroatoms. The number of nitrogens with zero attached hydrogens (tertiary/aromatic N) is 3. The Morgan fingerprint density at radius 2 is 2.12 bits per heavy atom. The van der Waals surface area contributed by atoms with Crippen molar-refractivity contribution in [3.8, 4) is 0 Å². The molecule has 0 aromatic carbocycles. The minimum absolute atomic E-state index is 0.108. The molecule has 1 N–H and O–H groups in total. The minimum Gasteiger partial charge on any atom is -0.374 e. The van der Waals surface area contributed by atoms with Crippen molar-refractivity contribution >= 4 is 28.3 Å². The largest absolute Gasteiger partial charge is 0.374 e. The predicted octanol–water partition coefficient (Wildman–Crippen LogP) is 2.19. The van der Waals surface area contributed by atoms with Crippen molar-refractivity contribution in [2.24, 2.45) is 5.92 Å². The standard InChI is InChI=1S/C16H24N4O3S/c1-2-23-10-13-18-19-16(24-13)17-15(22)11-8-14(21)20(9-11)12-6-4-3-5-7-12/h11-12H,2-10H2,1H3,(H,17,19,22). The highest BCUT2D eigenvalue weighted by molar-refractivity contribution is 7.15. The molecular weight excluding hydrogens is 328 g/mol. The summed E-state index contributed by atoms with van der Waals surface area (Å²) < 4.78 is 5.28. The first-order valence-corrected chi connectivity index (χ1v) is 9.49. The first kappa shape index (κ1) is 17.3. The maximum atomic E-state index is 12.4. The van der Waals surface area contributed by atoms with E-state index in [0.29, 0.717) is 37.4 Å². The van der Waals surface area contributed by atoms with Gasteiger partial charge in [-0.15, -0.1) is 10.2 Å². The molecule has 0 radical (unpaired) electrons. The van der Waals surface area contributed by atoms with Crippen LogP contribution in [0.1, 0.15) is 50.5 Å². The van der Waals surface area contributed by atoms with Crippen LogP contribution in [-0.4, -0.2) is 46.1 Å². The van der Waals surface area contributed by atoms with Gasteiger partial charge in [-0.1, -0.05) is 30.6 Å². The normalized spacial score (nSPS) is 22.1. The van der Waals surface area contributed by atoms with Crippen LogP contribution in [0.4, 0.5) is 5.13 Å². The second-order valence-corrected chi connectivity index (χ2v) is 7.43. The van der Waals surface area contributed by atoms with Crippen LogP contribution < -0.4 is 5.32 Å². The molecule has 2 heterocycles. The van der Waals surface area contributed by atoms with Crippen molar-refractivity contribution in [1.29, 1.82) is 0 Å². The number of ether oxygens (including phenoxy) is 1. The van der Waals surface area contributed by atoms with Gasteiger partial charge in [-0.3, -0.25) is 9.59 Å². The highest BCUT2D eigenvalue weighted by Crippen LogP contribution is 2.29. The summed E-state index contributed by atoms with van der Waals surface area (Å²) in [4.78, 5) is 26.6. The SMILES string of the molecule is CCOCc1nnc(NC(=O)C2CC(=O)N(C3CCCCC3)C2)s1. The minimum atomic E-state index is -0.293. The van der Waals surface area contributed by atoms with Gasteiger partial charge in [0.25, 0.3) is 0 Å². The molecule has 24 heavy (non-hydrogen) atoms. The number of nitrogens with one attached hydrogen (secondary N) is 1. The summed E-state index contributed by atoms with van der Waals surface area (Å²) in [5.74, 6) is -0.323. The first-order valence-electron chi connectivity index (χ1n) is 8.67. The maximum absolute atomic E-state index is 12.4. The molecule has 1 aromatic heterocycles. The fourth-order valence-electron chi connectivity index (χ4n) is 3.41. The number of carbonyl (C=O) groups excluding carboxylic acids is 2. The quantitative estimate of drug-likeness (QED) is 0.848. The molecule has 2 amide bonds. The number of amides is 2. The van der Waals surface area contributed by atoms with Crippen LogP contribution in [0.15, 0.2) is 0 Å². The number of hydrogen-bond donors (Lipinski definition) is 1. The third-order valence-corrected chi connectivity index (χ3v) is 5.48. The highest BCUT2D eigenvalue weighted by atomic mass is 32.1. The molecule has 1 atom stereocenters. The number of carbonyl (C=O) groups is 2. The Morgan fingerprint density at radius 3 is 2.88 bits per heavy atom. The molecule has 3 rings (SSSR count). The van der Waals surface area contributed by atoms with Gasteiger partial charge in [-0.2, -0.15) is 0 Å². The predicted molar refractivity (Wildman–Crippen MR) is 90.6 cm³/mol. The third-order valence-electron chi connectivity index (χ3n) is 4.67. The van der Waals surface area contributed by atoms with Gasteiger partial charge >= 0.3 is 0 Å². The van der Waals surface area contributed by atoms with Crippen LogP contribution >= 0.6 is 11.3 Å². The van der Waals surface area contributed by atoms with Crippen LogP contribution in [0, 0.1) is 5.92 Å². The van der Waals surface area contributed by atoms with Crippen LogP contribution in [0.25, 0.3) is 0 Å². The lowest BCUT2D eigenvalue weighted by Gasteiger charge is -2.31. The van der Waals surface area contributed by atoms with Crippen molar-refractivity contribution in [2.75, 3.05) is 18.5 Å². The van der Waals surface area contributed by atoms with E-state index in [0.717, 1.165) is 17.8 Å². The van der Waals surface area contributed by atoms with E-state index in [1.807, 2.05) is 11.8 Å². The van der Waals surface area contributed by atoms with Gasteiger partial charge in [0.05, 0.1) is 5.92 Å². The van der Waals surface area contributed by atoms with E-state index in [4.69, 9.17) is 4.74 Å². The highest BCUT2D eigenvalue weighted by Gasteiger charge is 2.38. The number of hydrogen-bond acceptors (Lipinski definition) is 6. The molecule has 1 saturated heterocycles. The Bertz CT molecular complexity index is 586. The van der Waals surface area contributed by atoms with E-state index in [1.165, 1.54) is 30.6 Å². The van der Waals surface area contributed by atoms with Crippen molar-refractivity contribution in [3.63, 3.8) is 0 Å².